The second kappa shape index (κ2) is 8.61. The molecule has 0 aliphatic rings. The van der Waals surface area contributed by atoms with Gasteiger partial charge < -0.3 is 19.9 Å². The topological polar surface area (TPSA) is 70.8 Å². The molecule has 1 aromatic carbocycles. The summed E-state index contributed by atoms with van der Waals surface area (Å²) in [7, 11) is 3.13. The van der Waals surface area contributed by atoms with Crippen molar-refractivity contribution in [3.05, 3.63) is 23.8 Å². The number of hydrogen-bond acceptors (Lipinski definition) is 5. The molecular weight excluding hydrogens is 270 g/mol. The second-order valence-corrected chi connectivity index (χ2v) is 3.76. The van der Waals surface area contributed by atoms with Gasteiger partial charge in [0.1, 0.15) is 11.5 Å². The molecule has 0 aliphatic carbocycles. The lowest BCUT2D eigenvalue weighted by atomic mass is 10.0. The second-order valence-electron chi connectivity index (χ2n) is 3.76. The van der Waals surface area contributed by atoms with E-state index in [4.69, 9.17) is 19.9 Å². The van der Waals surface area contributed by atoms with Crippen LogP contribution in [0.2, 0.25) is 0 Å². The normalized spacial score (nSPS) is 11.2. The number of halogens is 1. The van der Waals surface area contributed by atoms with Crippen LogP contribution in [0.1, 0.15) is 24.9 Å². The molecule has 0 aromatic heterocycles. The van der Waals surface area contributed by atoms with E-state index in [9.17, 15) is 4.79 Å². The monoisotopic (exact) mass is 289 g/mol. The van der Waals surface area contributed by atoms with E-state index in [2.05, 4.69) is 0 Å². The Morgan fingerprint density at radius 3 is 2.16 bits per heavy atom. The minimum atomic E-state index is -0.437. The number of methoxy groups -OCH3 is 2. The van der Waals surface area contributed by atoms with Crippen LogP contribution in [0, 0.1) is 0 Å². The fourth-order valence-corrected chi connectivity index (χ4v) is 1.56. The van der Waals surface area contributed by atoms with Crippen LogP contribution in [-0.2, 0) is 9.53 Å². The molecule has 19 heavy (non-hydrogen) atoms. The number of esters is 1. The molecule has 0 spiro atoms. The zero-order valence-electron chi connectivity index (χ0n) is 11.3. The third-order valence-corrected chi connectivity index (χ3v) is 2.49. The van der Waals surface area contributed by atoms with E-state index in [0.29, 0.717) is 18.1 Å². The van der Waals surface area contributed by atoms with Crippen LogP contribution >= 0.6 is 12.4 Å². The van der Waals surface area contributed by atoms with Gasteiger partial charge in [-0.3, -0.25) is 4.79 Å². The maximum atomic E-state index is 11.4. The van der Waals surface area contributed by atoms with Crippen LogP contribution in [-0.4, -0.2) is 26.8 Å². The Morgan fingerprint density at radius 2 is 1.74 bits per heavy atom. The van der Waals surface area contributed by atoms with Gasteiger partial charge in [-0.2, -0.15) is 0 Å². The Bertz CT molecular complexity index is 389. The fourth-order valence-electron chi connectivity index (χ4n) is 1.56. The molecule has 108 valence electrons. The highest BCUT2D eigenvalue weighted by molar-refractivity contribution is 5.85. The maximum absolute atomic E-state index is 11.4. The molecule has 0 saturated heterocycles. The first-order chi connectivity index (χ1) is 8.60. The SMILES string of the molecule is CCOC(=O)C[C@H](N)c1cc(OC)cc(OC)c1.Cl. The Hall–Kier alpha value is -1.46. The summed E-state index contributed by atoms with van der Waals surface area (Å²) >= 11 is 0. The maximum Gasteiger partial charge on any atom is 0.307 e. The summed E-state index contributed by atoms with van der Waals surface area (Å²) in [5, 5.41) is 0. The summed E-state index contributed by atoms with van der Waals surface area (Å²) in [6, 6.07) is 4.88. The predicted octanol–water partition coefficient (Wildman–Crippen LogP) is 2.08. The van der Waals surface area contributed by atoms with E-state index in [1.165, 1.54) is 0 Å². The largest absolute Gasteiger partial charge is 0.497 e. The van der Waals surface area contributed by atoms with E-state index in [-0.39, 0.29) is 24.8 Å². The van der Waals surface area contributed by atoms with Crippen LogP contribution in [0.15, 0.2) is 18.2 Å². The summed E-state index contributed by atoms with van der Waals surface area (Å²) in [6.45, 7) is 2.12. The van der Waals surface area contributed by atoms with Gasteiger partial charge in [0.05, 0.1) is 27.2 Å². The van der Waals surface area contributed by atoms with Crippen molar-refractivity contribution in [2.24, 2.45) is 5.73 Å². The molecule has 0 radical (unpaired) electrons. The Balaban J connectivity index is 0.00000324. The first kappa shape index (κ1) is 17.5. The molecule has 0 bridgehead atoms. The summed E-state index contributed by atoms with van der Waals surface area (Å²) < 4.78 is 15.2. The zero-order valence-corrected chi connectivity index (χ0v) is 12.2. The average molecular weight is 290 g/mol. The van der Waals surface area contributed by atoms with Crippen molar-refractivity contribution < 1.29 is 19.0 Å². The van der Waals surface area contributed by atoms with Crippen LogP contribution in [0.5, 0.6) is 11.5 Å². The molecule has 1 rings (SSSR count). The van der Waals surface area contributed by atoms with Gasteiger partial charge in [0.15, 0.2) is 0 Å². The van der Waals surface area contributed by atoms with E-state index in [0.717, 1.165) is 5.56 Å². The van der Waals surface area contributed by atoms with Gasteiger partial charge in [-0.15, -0.1) is 12.4 Å². The Kier molecular flexibility index (Phi) is 7.95. The number of carbonyl (C=O) groups excluding carboxylic acids is 1. The van der Waals surface area contributed by atoms with Gasteiger partial charge in [-0.1, -0.05) is 0 Å². The smallest absolute Gasteiger partial charge is 0.307 e. The Labute approximate surface area is 119 Å². The van der Waals surface area contributed by atoms with Crippen molar-refractivity contribution in [1.29, 1.82) is 0 Å². The lowest BCUT2D eigenvalue weighted by Crippen LogP contribution is -2.17. The third-order valence-electron chi connectivity index (χ3n) is 2.49. The van der Waals surface area contributed by atoms with Gasteiger partial charge in [0.2, 0.25) is 0 Å². The summed E-state index contributed by atoms with van der Waals surface area (Å²) in [6.07, 6.45) is 0.129. The van der Waals surface area contributed by atoms with Crippen LogP contribution in [0.25, 0.3) is 0 Å². The highest BCUT2D eigenvalue weighted by Gasteiger charge is 2.14. The van der Waals surface area contributed by atoms with E-state index < -0.39 is 6.04 Å². The molecule has 0 amide bonds. The average Bonchev–Trinajstić information content (AvgIpc) is 2.38. The zero-order chi connectivity index (χ0) is 13.5. The molecule has 5 nitrogen and oxygen atoms in total. The molecule has 0 aliphatic heterocycles. The van der Waals surface area contributed by atoms with Crippen molar-refractivity contribution in [3.63, 3.8) is 0 Å². The number of hydrogen-bond donors (Lipinski definition) is 1. The molecule has 0 fully saturated rings. The molecule has 0 saturated carbocycles. The molecule has 0 unspecified atom stereocenters. The quantitative estimate of drug-likeness (QED) is 0.812. The number of benzene rings is 1. The number of ether oxygens (including phenoxy) is 3. The Morgan fingerprint density at radius 1 is 1.21 bits per heavy atom. The molecule has 2 N–H and O–H groups in total. The number of rotatable bonds is 6. The molecule has 1 atom stereocenters. The van der Waals surface area contributed by atoms with Gasteiger partial charge in [0.25, 0.3) is 0 Å². The lowest BCUT2D eigenvalue weighted by Gasteiger charge is -2.14. The summed E-state index contributed by atoms with van der Waals surface area (Å²) in [5.41, 5.74) is 6.74. The third kappa shape index (κ3) is 5.36. The lowest BCUT2D eigenvalue weighted by molar-refractivity contribution is -0.143. The summed E-state index contributed by atoms with van der Waals surface area (Å²) in [5.74, 6) is 0.971. The van der Waals surface area contributed by atoms with Crippen LogP contribution < -0.4 is 15.2 Å². The molecule has 1 aromatic rings. The standard InChI is InChI=1S/C13H19NO4.ClH/c1-4-18-13(15)8-12(14)9-5-10(16-2)7-11(6-9)17-3;/h5-7,12H,4,8,14H2,1-3H3;1H/t12-;/m0./s1. The fraction of sp³-hybridized carbons (Fsp3) is 0.462. The number of nitrogens with two attached hydrogens (primary N) is 1. The minimum absolute atomic E-state index is 0. The van der Waals surface area contributed by atoms with Gasteiger partial charge in [0, 0.05) is 12.1 Å². The number of carbonyl (C=O) groups is 1. The van der Waals surface area contributed by atoms with E-state index in [1.807, 2.05) is 0 Å². The van der Waals surface area contributed by atoms with Crippen molar-refractivity contribution >= 4 is 18.4 Å². The van der Waals surface area contributed by atoms with E-state index >= 15 is 0 Å². The van der Waals surface area contributed by atoms with E-state index in [1.54, 1.807) is 39.3 Å². The van der Waals surface area contributed by atoms with Gasteiger partial charge >= 0.3 is 5.97 Å². The van der Waals surface area contributed by atoms with Crippen molar-refractivity contribution in [2.75, 3.05) is 20.8 Å². The van der Waals surface area contributed by atoms with Crippen molar-refractivity contribution in [1.82, 2.24) is 0 Å². The van der Waals surface area contributed by atoms with Gasteiger partial charge in [-0.05, 0) is 24.6 Å². The molecular formula is C13H20ClNO4. The highest BCUT2D eigenvalue weighted by atomic mass is 35.5. The molecule has 6 heteroatoms. The predicted molar refractivity (Wildman–Crippen MR) is 75.0 cm³/mol. The van der Waals surface area contributed by atoms with Gasteiger partial charge in [-0.25, -0.2) is 0 Å². The van der Waals surface area contributed by atoms with Crippen LogP contribution in [0.4, 0.5) is 0 Å². The van der Waals surface area contributed by atoms with Crippen molar-refractivity contribution in [2.45, 2.75) is 19.4 Å². The first-order valence-corrected chi connectivity index (χ1v) is 5.74. The minimum Gasteiger partial charge on any atom is -0.497 e. The van der Waals surface area contributed by atoms with Crippen molar-refractivity contribution in [3.8, 4) is 11.5 Å². The summed E-state index contributed by atoms with van der Waals surface area (Å²) in [4.78, 5) is 11.4. The van der Waals surface area contributed by atoms with Crippen LogP contribution in [0.3, 0.4) is 0 Å². The first-order valence-electron chi connectivity index (χ1n) is 5.74. The molecule has 0 heterocycles. The highest BCUT2D eigenvalue weighted by Crippen LogP contribution is 2.26.